The van der Waals surface area contributed by atoms with Crippen LogP contribution in [0.3, 0.4) is 0 Å². The minimum atomic E-state index is 0.446. The summed E-state index contributed by atoms with van der Waals surface area (Å²) in [5.74, 6) is 6.69. The third kappa shape index (κ3) is 3.13. The Kier molecular flexibility index (Phi) is 4.47. The summed E-state index contributed by atoms with van der Waals surface area (Å²) < 4.78 is 0.907. The Bertz CT molecular complexity index is 281. The first-order valence-corrected chi connectivity index (χ1v) is 5.67. The van der Waals surface area contributed by atoms with Crippen molar-refractivity contribution in [3.63, 3.8) is 0 Å². The van der Waals surface area contributed by atoms with Crippen molar-refractivity contribution < 1.29 is 0 Å². The van der Waals surface area contributed by atoms with Gasteiger partial charge in [-0.05, 0) is 28.1 Å². The van der Waals surface area contributed by atoms with Crippen molar-refractivity contribution in [2.75, 3.05) is 11.2 Å². The lowest BCUT2D eigenvalue weighted by atomic mass is 10.6. The Labute approximate surface area is 89.8 Å². The van der Waals surface area contributed by atoms with Crippen LogP contribution in [0.5, 0.6) is 0 Å². The molecule has 3 N–H and O–H groups in total. The number of thioether (sulfide) groups is 1. The van der Waals surface area contributed by atoms with Crippen LogP contribution in [0.25, 0.3) is 0 Å². The van der Waals surface area contributed by atoms with E-state index in [1.165, 1.54) is 0 Å². The highest BCUT2D eigenvalue weighted by molar-refractivity contribution is 9.10. The maximum Gasteiger partial charge on any atom is 0.238 e. The van der Waals surface area contributed by atoms with Crippen LogP contribution >= 0.6 is 27.7 Å². The molecule has 0 spiro atoms. The van der Waals surface area contributed by atoms with E-state index in [9.17, 15) is 0 Å². The van der Waals surface area contributed by atoms with Crippen molar-refractivity contribution in [3.8, 4) is 0 Å². The summed E-state index contributed by atoms with van der Waals surface area (Å²) in [6.07, 6.45) is 2.81. The summed E-state index contributed by atoms with van der Waals surface area (Å²) in [4.78, 5) is 8.16. The van der Waals surface area contributed by atoms with Crippen molar-refractivity contribution in [2.45, 2.75) is 18.4 Å². The summed E-state index contributed by atoms with van der Waals surface area (Å²) in [5, 5.41) is 0.921. The first-order chi connectivity index (χ1) is 6.27. The molecule has 72 valence electrons. The molecule has 0 aliphatic rings. The van der Waals surface area contributed by atoms with Crippen LogP contribution < -0.4 is 11.3 Å². The molecule has 13 heavy (non-hydrogen) atoms. The van der Waals surface area contributed by atoms with Gasteiger partial charge in [0.1, 0.15) is 5.03 Å². The molecule has 0 atom stereocenters. The van der Waals surface area contributed by atoms with Gasteiger partial charge in [0.05, 0.1) is 4.47 Å². The molecule has 0 bridgehead atoms. The van der Waals surface area contributed by atoms with E-state index in [0.29, 0.717) is 5.95 Å². The van der Waals surface area contributed by atoms with Crippen molar-refractivity contribution in [2.24, 2.45) is 5.84 Å². The third-order valence-corrected chi connectivity index (χ3v) is 3.32. The lowest BCUT2D eigenvalue weighted by Gasteiger charge is -2.03. The Morgan fingerprint density at radius 3 is 3.08 bits per heavy atom. The molecule has 0 amide bonds. The lowest BCUT2D eigenvalue weighted by Crippen LogP contribution is -2.10. The second-order valence-electron chi connectivity index (χ2n) is 2.34. The average Bonchev–Trinajstić information content (AvgIpc) is 2.17. The normalized spacial score (nSPS) is 10.1. The van der Waals surface area contributed by atoms with Crippen molar-refractivity contribution in [1.82, 2.24) is 9.97 Å². The number of nitrogens with one attached hydrogen (secondary N) is 1. The van der Waals surface area contributed by atoms with Gasteiger partial charge in [0.25, 0.3) is 0 Å². The zero-order valence-electron chi connectivity index (χ0n) is 7.25. The minimum absolute atomic E-state index is 0.446. The van der Waals surface area contributed by atoms with E-state index in [4.69, 9.17) is 5.84 Å². The quantitative estimate of drug-likeness (QED) is 0.376. The molecule has 0 saturated carbocycles. The maximum absolute atomic E-state index is 5.20. The van der Waals surface area contributed by atoms with Crippen molar-refractivity contribution in [3.05, 3.63) is 10.7 Å². The van der Waals surface area contributed by atoms with E-state index in [-0.39, 0.29) is 0 Å². The van der Waals surface area contributed by atoms with E-state index in [1.54, 1.807) is 18.0 Å². The molecule has 6 heteroatoms. The Morgan fingerprint density at radius 1 is 1.69 bits per heavy atom. The van der Waals surface area contributed by atoms with E-state index in [0.717, 1.165) is 21.7 Å². The molecule has 0 fully saturated rings. The van der Waals surface area contributed by atoms with E-state index < -0.39 is 0 Å². The molecule has 4 nitrogen and oxygen atoms in total. The number of nitrogens with zero attached hydrogens (tertiary/aromatic N) is 2. The van der Waals surface area contributed by atoms with E-state index in [2.05, 4.69) is 38.2 Å². The first kappa shape index (κ1) is 10.7. The van der Waals surface area contributed by atoms with E-state index in [1.807, 2.05) is 0 Å². The number of hydrogen-bond donors (Lipinski definition) is 2. The number of hydrogen-bond acceptors (Lipinski definition) is 5. The largest absolute Gasteiger partial charge is 0.292 e. The fourth-order valence-corrected chi connectivity index (χ4v) is 1.99. The molecule has 0 aliphatic carbocycles. The Hall–Kier alpha value is -0.330. The number of hydrazine groups is 1. The topological polar surface area (TPSA) is 63.8 Å². The summed E-state index contributed by atoms with van der Waals surface area (Å²) in [7, 11) is 0. The van der Waals surface area contributed by atoms with Crippen molar-refractivity contribution >= 4 is 33.6 Å². The molecule has 0 unspecified atom stereocenters. The van der Waals surface area contributed by atoms with Gasteiger partial charge < -0.3 is 0 Å². The Balaban J connectivity index is 2.78. The molecule has 1 rings (SSSR count). The highest BCUT2D eigenvalue weighted by atomic mass is 79.9. The third-order valence-electron chi connectivity index (χ3n) is 1.28. The fourth-order valence-electron chi connectivity index (χ4n) is 0.721. The average molecular weight is 263 g/mol. The van der Waals surface area contributed by atoms with Gasteiger partial charge in [-0.25, -0.2) is 15.8 Å². The van der Waals surface area contributed by atoms with Crippen LogP contribution in [0.15, 0.2) is 15.7 Å². The predicted octanol–water partition coefficient (Wildman–Crippen LogP) is 2.03. The predicted molar refractivity (Wildman–Crippen MR) is 58.6 cm³/mol. The van der Waals surface area contributed by atoms with Crippen LogP contribution in [0.4, 0.5) is 5.95 Å². The smallest absolute Gasteiger partial charge is 0.238 e. The van der Waals surface area contributed by atoms with Crippen LogP contribution in [-0.2, 0) is 0 Å². The van der Waals surface area contributed by atoms with Crippen LogP contribution in [0.1, 0.15) is 13.3 Å². The summed E-state index contributed by atoms with van der Waals surface area (Å²) >= 11 is 5.06. The molecule has 1 aromatic rings. The Morgan fingerprint density at radius 2 is 2.46 bits per heavy atom. The summed E-state index contributed by atoms with van der Waals surface area (Å²) in [6.45, 7) is 2.13. The molecule has 1 aromatic heterocycles. The monoisotopic (exact) mass is 262 g/mol. The number of anilines is 1. The van der Waals surface area contributed by atoms with Gasteiger partial charge in [-0.3, -0.25) is 5.43 Å². The van der Waals surface area contributed by atoms with Crippen molar-refractivity contribution in [1.29, 1.82) is 0 Å². The summed E-state index contributed by atoms with van der Waals surface area (Å²) in [5.41, 5.74) is 2.41. The fraction of sp³-hybridized carbons (Fsp3) is 0.429. The molecule has 0 saturated heterocycles. The van der Waals surface area contributed by atoms with Gasteiger partial charge in [0.15, 0.2) is 0 Å². The maximum atomic E-state index is 5.20. The summed E-state index contributed by atoms with van der Waals surface area (Å²) in [6, 6.07) is 0. The zero-order chi connectivity index (χ0) is 9.68. The minimum Gasteiger partial charge on any atom is -0.292 e. The highest BCUT2D eigenvalue weighted by Gasteiger charge is 2.03. The number of nitrogen functional groups attached to an aromatic ring is 1. The van der Waals surface area contributed by atoms with Gasteiger partial charge in [-0.2, -0.15) is 0 Å². The molecule has 0 radical (unpaired) electrons. The van der Waals surface area contributed by atoms with E-state index >= 15 is 0 Å². The first-order valence-electron chi connectivity index (χ1n) is 3.90. The highest BCUT2D eigenvalue weighted by Crippen LogP contribution is 2.25. The molecule has 1 heterocycles. The standard InChI is InChI=1S/C7H11BrN4S/c1-2-3-13-6-5(8)4-10-7(11-6)12-9/h4H,2-3,9H2,1H3,(H,10,11,12). The zero-order valence-corrected chi connectivity index (χ0v) is 9.65. The van der Waals surface area contributed by atoms with Crippen LogP contribution in [0, 0.1) is 0 Å². The molecule has 0 aliphatic heterocycles. The number of rotatable bonds is 4. The number of aromatic nitrogens is 2. The number of halogens is 1. The molecule has 0 aromatic carbocycles. The molecular formula is C7H11BrN4S. The van der Waals surface area contributed by atoms with Gasteiger partial charge in [-0.1, -0.05) is 6.92 Å². The van der Waals surface area contributed by atoms with Gasteiger partial charge in [-0.15, -0.1) is 11.8 Å². The SMILES string of the molecule is CCCSc1nc(NN)ncc1Br. The van der Waals surface area contributed by atoms with Crippen LogP contribution in [-0.4, -0.2) is 15.7 Å². The van der Waals surface area contributed by atoms with Crippen LogP contribution in [0.2, 0.25) is 0 Å². The van der Waals surface area contributed by atoms with Gasteiger partial charge >= 0.3 is 0 Å². The second-order valence-corrected chi connectivity index (χ2v) is 4.28. The number of nitrogens with two attached hydrogens (primary N) is 1. The lowest BCUT2D eigenvalue weighted by molar-refractivity contribution is 1.00. The van der Waals surface area contributed by atoms with Gasteiger partial charge in [0.2, 0.25) is 5.95 Å². The van der Waals surface area contributed by atoms with Gasteiger partial charge in [0, 0.05) is 6.20 Å². The molecular weight excluding hydrogens is 252 g/mol. The second kappa shape index (κ2) is 5.41.